The predicted molar refractivity (Wildman–Crippen MR) is 101 cm³/mol. The Morgan fingerprint density at radius 3 is 2.35 bits per heavy atom. The van der Waals surface area contributed by atoms with E-state index in [0.29, 0.717) is 18.8 Å². The molecule has 2 N–H and O–H groups in total. The number of anilines is 2. The number of para-hydroxylation sites is 1. The summed E-state index contributed by atoms with van der Waals surface area (Å²) in [5.74, 6) is -1.00. The number of carbonyl (C=O) groups excluding carboxylic acids is 1. The Morgan fingerprint density at radius 2 is 1.73 bits per heavy atom. The number of amides is 2. The molecule has 1 fully saturated rings. The first-order valence-corrected chi connectivity index (χ1v) is 8.65. The van der Waals surface area contributed by atoms with Crippen LogP contribution in [0.5, 0.6) is 0 Å². The van der Waals surface area contributed by atoms with E-state index < -0.39 is 12.0 Å². The van der Waals surface area contributed by atoms with Gasteiger partial charge >= 0.3 is 12.0 Å². The molecule has 3 rings (SSSR count). The number of carboxylic acid groups (broad SMARTS) is 1. The van der Waals surface area contributed by atoms with Crippen LogP contribution in [0, 0.1) is 13.8 Å². The number of carbonyl (C=O) groups is 2. The van der Waals surface area contributed by atoms with Crippen LogP contribution in [0.25, 0.3) is 0 Å². The summed E-state index contributed by atoms with van der Waals surface area (Å²) in [4.78, 5) is 28.1. The lowest BCUT2D eigenvalue weighted by Crippen LogP contribution is -2.59. The first-order chi connectivity index (χ1) is 12.5. The van der Waals surface area contributed by atoms with Gasteiger partial charge in [0.1, 0.15) is 6.04 Å². The highest BCUT2D eigenvalue weighted by atomic mass is 16.4. The monoisotopic (exact) mass is 353 g/mol. The molecule has 1 atom stereocenters. The van der Waals surface area contributed by atoms with E-state index in [9.17, 15) is 14.7 Å². The number of urea groups is 1. The zero-order chi connectivity index (χ0) is 18.7. The molecular formula is C20H23N3O3. The summed E-state index contributed by atoms with van der Waals surface area (Å²) in [7, 11) is 0. The first-order valence-electron chi connectivity index (χ1n) is 8.65. The molecule has 1 heterocycles. The Morgan fingerprint density at radius 1 is 1.08 bits per heavy atom. The third-order valence-corrected chi connectivity index (χ3v) is 4.44. The van der Waals surface area contributed by atoms with Gasteiger partial charge in [0.2, 0.25) is 0 Å². The number of carboxylic acids is 1. The third kappa shape index (κ3) is 3.70. The number of hydrogen-bond donors (Lipinski definition) is 2. The van der Waals surface area contributed by atoms with E-state index in [0.717, 1.165) is 16.8 Å². The lowest BCUT2D eigenvalue weighted by atomic mass is 10.1. The molecule has 2 aromatic rings. The van der Waals surface area contributed by atoms with Crippen LogP contribution in [0.3, 0.4) is 0 Å². The Balaban J connectivity index is 2.05. The van der Waals surface area contributed by atoms with E-state index >= 15 is 0 Å². The van der Waals surface area contributed by atoms with Crippen LogP contribution in [-0.4, -0.2) is 47.7 Å². The van der Waals surface area contributed by atoms with Crippen LogP contribution in [0.15, 0.2) is 48.5 Å². The highest BCUT2D eigenvalue weighted by Crippen LogP contribution is 2.29. The molecule has 2 aromatic carbocycles. The Bertz CT molecular complexity index is 787. The molecule has 6 heteroatoms. The number of nitrogens with zero attached hydrogens (tertiary/aromatic N) is 2. The zero-order valence-electron chi connectivity index (χ0n) is 15.0. The molecule has 0 aromatic heterocycles. The van der Waals surface area contributed by atoms with Gasteiger partial charge in [0, 0.05) is 19.6 Å². The lowest BCUT2D eigenvalue weighted by Gasteiger charge is -2.37. The minimum Gasteiger partial charge on any atom is -0.480 e. The second-order valence-corrected chi connectivity index (χ2v) is 6.55. The fourth-order valence-corrected chi connectivity index (χ4v) is 3.31. The number of aryl methyl sites for hydroxylation is 2. The second-order valence-electron chi connectivity index (χ2n) is 6.55. The summed E-state index contributed by atoms with van der Waals surface area (Å²) >= 11 is 0. The Labute approximate surface area is 153 Å². The number of piperazine rings is 1. The van der Waals surface area contributed by atoms with Crippen molar-refractivity contribution in [1.82, 2.24) is 10.2 Å². The fourth-order valence-electron chi connectivity index (χ4n) is 3.31. The Hall–Kier alpha value is -2.86. The molecule has 1 aliphatic rings. The lowest BCUT2D eigenvalue weighted by molar-refractivity contribution is -0.142. The van der Waals surface area contributed by atoms with Gasteiger partial charge in [-0.05, 0) is 49.2 Å². The van der Waals surface area contributed by atoms with Crippen molar-refractivity contribution in [2.24, 2.45) is 0 Å². The van der Waals surface area contributed by atoms with Gasteiger partial charge in [0.15, 0.2) is 0 Å². The maximum Gasteiger partial charge on any atom is 0.329 e. The second kappa shape index (κ2) is 7.58. The normalized spacial score (nSPS) is 17.0. The molecule has 0 unspecified atom stereocenters. The number of rotatable bonds is 3. The average molecular weight is 353 g/mol. The molecule has 6 nitrogen and oxygen atoms in total. The maximum atomic E-state index is 13.4. The van der Waals surface area contributed by atoms with Crippen molar-refractivity contribution >= 4 is 23.4 Å². The van der Waals surface area contributed by atoms with Crippen molar-refractivity contribution in [3.63, 3.8) is 0 Å². The number of hydrogen-bond acceptors (Lipinski definition) is 3. The van der Waals surface area contributed by atoms with Crippen LogP contribution in [0.1, 0.15) is 11.1 Å². The largest absolute Gasteiger partial charge is 0.480 e. The van der Waals surface area contributed by atoms with Crippen molar-refractivity contribution in [1.29, 1.82) is 0 Å². The molecule has 0 saturated carbocycles. The summed E-state index contributed by atoms with van der Waals surface area (Å²) in [6, 6.07) is 14.0. The topological polar surface area (TPSA) is 72.9 Å². The van der Waals surface area contributed by atoms with Gasteiger partial charge in [0.05, 0.1) is 11.4 Å². The molecule has 1 aliphatic heterocycles. The SMILES string of the molecule is Cc1cc(C)cc(N(C(=O)N2CCNC[C@H]2C(=O)O)c2ccccc2)c1. The fraction of sp³-hybridized carbons (Fsp3) is 0.300. The number of benzene rings is 2. The molecule has 0 bridgehead atoms. The summed E-state index contributed by atoms with van der Waals surface area (Å²) in [6.07, 6.45) is 0. The Kier molecular flexibility index (Phi) is 5.23. The van der Waals surface area contributed by atoms with Crippen molar-refractivity contribution in [2.45, 2.75) is 19.9 Å². The van der Waals surface area contributed by atoms with Gasteiger partial charge < -0.3 is 15.3 Å². The van der Waals surface area contributed by atoms with Crippen molar-refractivity contribution in [3.05, 3.63) is 59.7 Å². The van der Waals surface area contributed by atoms with Gasteiger partial charge in [-0.15, -0.1) is 0 Å². The molecule has 136 valence electrons. The third-order valence-electron chi connectivity index (χ3n) is 4.44. The number of aliphatic carboxylic acids is 1. The minimum atomic E-state index is -1.00. The van der Waals surface area contributed by atoms with E-state index in [4.69, 9.17) is 0 Å². The van der Waals surface area contributed by atoms with E-state index in [-0.39, 0.29) is 12.6 Å². The van der Waals surface area contributed by atoms with Crippen LogP contribution in [0.2, 0.25) is 0 Å². The van der Waals surface area contributed by atoms with Gasteiger partial charge in [0.25, 0.3) is 0 Å². The molecular weight excluding hydrogens is 330 g/mol. The smallest absolute Gasteiger partial charge is 0.329 e. The highest BCUT2D eigenvalue weighted by molar-refractivity contribution is 6.01. The van der Waals surface area contributed by atoms with Crippen LogP contribution >= 0.6 is 0 Å². The van der Waals surface area contributed by atoms with Crippen LogP contribution in [0.4, 0.5) is 16.2 Å². The standard InChI is InChI=1S/C20H23N3O3/c1-14-10-15(2)12-17(11-14)23(16-6-4-3-5-7-16)20(26)22-9-8-21-13-18(22)19(24)25/h3-7,10-12,18,21H,8-9,13H2,1-2H3,(H,24,25)/t18-/m0/s1. The van der Waals surface area contributed by atoms with E-state index in [2.05, 4.69) is 5.32 Å². The first kappa shape index (κ1) is 17.9. The highest BCUT2D eigenvalue weighted by Gasteiger charge is 2.35. The van der Waals surface area contributed by atoms with Crippen molar-refractivity contribution < 1.29 is 14.7 Å². The van der Waals surface area contributed by atoms with Crippen molar-refractivity contribution in [3.8, 4) is 0 Å². The minimum absolute atomic E-state index is 0.247. The number of nitrogens with one attached hydrogen (secondary N) is 1. The van der Waals surface area contributed by atoms with Gasteiger partial charge in [-0.1, -0.05) is 24.3 Å². The van der Waals surface area contributed by atoms with E-state index in [1.54, 1.807) is 4.90 Å². The quantitative estimate of drug-likeness (QED) is 0.890. The molecule has 1 saturated heterocycles. The predicted octanol–water partition coefficient (Wildman–Crippen LogP) is 2.92. The maximum absolute atomic E-state index is 13.4. The molecule has 0 aliphatic carbocycles. The van der Waals surface area contributed by atoms with Gasteiger partial charge in [-0.3, -0.25) is 4.90 Å². The molecule has 26 heavy (non-hydrogen) atoms. The molecule has 2 amide bonds. The summed E-state index contributed by atoms with van der Waals surface area (Å²) in [5.41, 5.74) is 3.54. The van der Waals surface area contributed by atoms with E-state index in [1.165, 1.54) is 4.90 Å². The van der Waals surface area contributed by atoms with Crippen molar-refractivity contribution in [2.75, 3.05) is 24.5 Å². The van der Waals surface area contributed by atoms with Crippen LogP contribution < -0.4 is 10.2 Å². The summed E-state index contributed by atoms with van der Waals surface area (Å²) in [5, 5.41) is 12.6. The summed E-state index contributed by atoms with van der Waals surface area (Å²) < 4.78 is 0. The average Bonchev–Trinajstić information content (AvgIpc) is 2.62. The van der Waals surface area contributed by atoms with Gasteiger partial charge in [-0.25, -0.2) is 9.59 Å². The van der Waals surface area contributed by atoms with Crippen LogP contribution in [-0.2, 0) is 4.79 Å². The summed E-state index contributed by atoms with van der Waals surface area (Å²) in [6.45, 7) is 5.13. The van der Waals surface area contributed by atoms with E-state index in [1.807, 2.05) is 62.4 Å². The zero-order valence-corrected chi connectivity index (χ0v) is 15.0. The van der Waals surface area contributed by atoms with Gasteiger partial charge in [-0.2, -0.15) is 0 Å². The molecule has 0 radical (unpaired) electrons. The molecule has 0 spiro atoms.